The van der Waals surface area contributed by atoms with Gasteiger partial charge in [0.1, 0.15) is 10.0 Å². The summed E-state index contributed by atoms with van der Waals surface area (Å²) in [5.41, 5.74) is 0.888. The molecule has 0 aliphatic carbocycles. The van der Waals surface area contributed by atoms with Crippen LogP contribution in [0.2, 0.25) is 5.15 Å². The molecular formula is C11H12ClN3O2S2. The summed E-state index contributed by atoms with van der Waals surface area (Å²) in [6.07, 6.45) is 1.79. The zero-order chi connectivity index (χ0) is 13.9. The van der Waals surface area contributed by atoms with Crippen LogP contribution in [0.5, 0.6) is 0 Å². The van der Waals surface area contributed by atoms with E-state index in [1.807, 2.05) is 12.3 Å². The van der Waals surface area contributed by atoms with Crippen LogP contribution in [0.4, 0.5) is 0 Å². The maximum atomic E-state index is 11.9. The third kappa shape index (κ3) is 3.97. The monoisotopic (exact) mass is 317 g/mol. The minimum atomic E-state index is -3.54. The first-order valence-electron chi connectivity index (χ1n) is 5.49. The van der Waals surface area contributed by atoms with E-state index in [-0.39, 0.29) is 10.0 Å². The van der Waals surface area contributed by atoms with Crippen molar-refractivity contribution in [1.82, 2.24) is 14.7 Å². The molecule has 8 heteroatoms. The van der Waals surface area contributed by atoms with Gasteiger partial charge in [-0.2, -0.15) is 0 Å². The number of nitrogens with zero attached hydrogens (tertiary/aromatic N) is 2. The van der Waals surface area contributed by atoms with Gasteiger partial charge in [-0.15, -0.1) is 11.3 Å². The first-order valence-corrected chi connectivity index (χ1v) is 8.24. The maximum Gasteiger partial charge on any atom is 0.242 e. The minimum Gasteiger partial charge on any atom is -0.247 e. The molecule has 2 heterocycles. The molecule has 0 fully saturated rings. The van der Waals surface area contributed by atoms with Gasteiger partial charge < -0.3 is 0 Å². The van der Waals surface area contributed by atoms with Crippen molar-refractivity contribution in [1.29, 1.82) is 0 Å². The Bertz CT molecular complexity index is 653. The lowest BCUT2D eigenvalue weighted by atomic mass is 10.3. The highest BCUT2D eigenvalue weighted by molar-refractivity contribution is 7.89. The molecule has 0 aliphatic heterocycles. The van der Waals surface area contributed by atoms with Gasteiger partial charge in [-0.3, -0.25) is 0 Å². The van der Waals surface area contributed by atoms with Crippen molar-refractivity contribution in [3.8, 4) is 0 Å². The van der Waals surface area contributed by atoms with Gasteiger partial charge in [-0.25, -0.2) is 23.1 Å². The molecule has 102 valence electrons. The molecule has 0 unspecified atom stereocenters. The summed E-state index contributed by atoms with van der Waals surface area (Å²) in [4.78, 5) is 8.12. The van der Waals surface area contributed by atoms with Crippen molar-refractivity contribution in [2.45, 2.75) is 18.2 Å². The number of halogens is 1. The van der Waals surface area contributed by atoms with Gasteiger partial charge in [0, 0.05) is 24.5 Å². The summed E-state index contributed by atoms with van der Waals surface area (Å²) in [5.74, 6) is 0. The molecule has 0 aromatic carbocycles. The molecule has 0 saturated heterocycles. The van der Waals surface area contributed by atoms with Crippen molar-refractivity contribution in [2.75, 3.05) is 6.54 Å². The van der Waals surface area contributed by atoms with Crippen molar-refractivity contribution < 1.29 is 8.42 Å². The number of rotatable bonds is 5. The number of aryl methyl sites for hydroxylation is 1. The summed E-state index contributed by atoms with van der Waals surface area (Å²) < 4.78 is 26.4. The van der Waals surface area contributed by atoms with Crippen molar-refractivity contribution in [3.05, 3.63) is 39.6 Å². The Morgan fingerprint density at radius 2 is 2.21 bits per heavy atom. The van der Waals surface area contributed by atoms with Crippen LogP contribution in [0.3, 0.4) is 0 Å². The van der Waals surface area contributed by atoms with E-state index in [2.05, 4.69) is 14.7 Å². The van der Waals surface area contributed by atoms with Crippen molar-refractivity contribution in [2.24, 2.45) is 0 Å². The zero-order valence-corrected chi connectivity index (χ0v) is 12.5. The van der Waals surface area contributed by atoms with Gasteiger partial charge in [0.25, 0.3) is 0 Å². The quantitative estimate of drug-likeness (QED) is 0.856. The Morgan fingerprint density at radius 1 is 1.42 bits per heavy atom. The second kappa shape index (κ2) is 5.96. The summed E-state index contributed by atoms with van der Waals surface area (Å²) in [6.45, 7) is 2.21. The number of hydrogen-bond donors (Lipinski definition) is 1. The van der Waals surface area contributed by atoms with Crippen LogP contribution in [0.15, 0.2) is 28.6 Å². The Morgan fingerprint density at radius 3 is 2.79 bits per heavy atom. The fourth-order valence-electron chi connectivity index (χ4n) is 1.44. The molecule has 0 atom stereocenters. The van der Waals surface area contributed by atoms with Crippen molar-refractivity contribution >= 4 is 33.0 Å². The Hall–Kier alpha value is -1.02. The minimum absolute atomic E-state index is 0.103. The average molecular weight is 318 g/mol. The number of aromatic nitrogens is 2. The van der Waals surface area contributed by atoms with Crippen LogP contribution in [0.25, 0.3) is 0 Å². The van der Waals surface area contributed by atoms with E-state index in [0.29, 0.717) is 13.0 Å². The lowest BCUT2D eigenvalue weighted by Crippen LogP contribution is -2.26. The van der Waals surface area contributed by atoms with Crippen LogP contribution in [0.1, 0.15) is 10.7 Å². The molecule has 0 aliphatic rings. The summed E-state index contributed by atoms with van der Waals surface area (Å²) >= 11 is 7.16. The highest BCUT2D eigenvalue weighted by Crippen LogP contribution is 2.11. The topological polar surface area (TPSA) is 72.0 Å². The van der Waals surface area contributed by atoms with Gasteiger partial charge in [0.2, 0.25) is 10.0 Å². The van der Waals surface area contributed by atoms with Gasteiger partial charge >= 0.3 is 0 Å². The predicted molar refractivity (Wildman–Crippen MR) is 75.0 cm³/mol. The normalized spacial score (nSPS) is 11.7. The van der Waals surface area contributed by atoms with Crippen LogP contribution in [0, 0.1) is 6.92 Å². The molecule has 0 amide bonds. The lowest BCUT2D eigenvalue weighted by molar-refractivity contribution is 0.581. The van der Waals surface area contributed by atoms with Gasteiger partial charge in [0.15, 0.2) is 0 Å². The van der Waals surface area contributed by atoms with E-state index in [4.69, 9.17) is 11.6 Å². The predicted octanol–water partition coefficient (Wildman–Crippen LogP) is 2.02. The average Bonchev–Trinajstić information content (AvgIpc) is 2.75. The zero-order valence-electron chi connectivity index (χ0n) is 10.1. The summed E-state index contributed by atoms with van der Waals surface area (Å²) in [7, 11) is -3.54. The molecule has 5 nitrogen and oxygen atoms in total. The second-order valence-electron chi connectivity index (χ2n) is 3.82. The first kappa shape index (κ1) is 14.4. The van der Waals surface area contributed by atoms with Crippen LogP contribution < -0.4 is 4.72 Å². The number of sulfonamides is 1. The molecule has 1 N–H and O–H groups in total. The number of hydrogen-bond acceptors (Lipinski definition) is 5. The Balaban J connectivity index is 1.96. The number of thiazole rings is 1. The fourth-order valence-corrected chi connectivity index (χ4v) is 3.18. The highest BCUT2D eigenvalue weighted by Gasteiger charge is 2.13. The molecule has 0 radical (unpaired) electrons. The molecule has 2 aromatic rings. The molecule has 2 aromatic heterocycles. The van der Waals surface area contributed by atoms with E-state index in [0.717, 1.165) is 10.7 Å². The highest BCUT2D eigenvalue weighted by atomic mass is 35.5. The van der Waals surface area contributed by atoms with E-state index >= 15 is 0 Å². The molecular weight excluding hydrogens is 306 g/mol. The molecule has 0 bridgehead atoms. The maximum absolute atomic E-state index is 11.9. The SMILES string of the molecule is Cc1nc(CCNS(=O)(=O)c2ccc(Cl)nc2)cs1. The molecule has 0 saturated carbocycles. The van der Waals surface area contributed by atoms with Crippen molar-refractivity contribution in [3.63, 3.8) is 0 Å². The first-order chi connectivity index (χ1) is 8.97. The molecule has 0 spiro atoms. The second-order valence-corrected chi connectivity index (χ2v) is 7.04. The third-order valence-corrected chi connectivity index (χ3v) is 4.84. The van der Waals surface area contributed by atoms with E-state index < -0.39 is 10.0 Å². The van der Waals surface area contributed by atoms with Gasteiger partial charge in [-0.05, 0) is 19.1 Å². The molecule has 2 rings (SSSR count). The lowest BCUT2D eigenvalue weighted by Gasteiger charge is -2.05. The number of nitrogens with one attached hydrogen (secondary N) is 1. The Kier molecular flexibility index (Phi) is 4.51. The van der Waals surface area contributed by atoms with Crippen LogP contribution >= 0.6 is 22.9 Å². The van der Waals surface area contributed by atoms with Crippen LogP contribution in [-0.2, 0) is 16.4 Å². The Labute approximate surface area is 120 Å². The van der Waals surface area contributed by atoms with Gasteiger partial charge in [0.05, 0.1) is 10.7 Å². The molecule has 19 heavy (non-hydrogen) atoms. The largest absolute Gasteiger partial charge is 0.247 e. The number of pyridine rings is 1. The van der Waals surface area contributed by atoms with E-state index in [9.17, 15) is 8.42 Å². The standard InChI is InChI=1S/C11H12ClN3O2S2/c1-8-15-9(7-18-8)4-5-14-19(16,17)10-2-3-11(12)13-6-10/h2-3,6-7,14H,4-5H2,1H3. The summed E-state index contributed by atoms with van der Waals surface area (Å²) in [6, 6.07) is 2.87. The van der Waals surface area contributed by atoms with E-state index in [1.54, 1.807) is 11.3 Å². The van der Waals surface area contributed by atoms with E-state index in [1.165, 1.54) is 18.3 Å². The fraction of sp³-hybridized carbons (Fsp3) is 0.273. The van der Waals surface area contributed by atoms with Gasteiger partial charge in [-0.1, -0.05) is 11.6 Å². The summed E-state index contributed by atoms with van der Waals surface area (Å²) in [5, 5.41) is 3.16. The third-order valence-electron chi connectivity index (χ3n) is 2.35. The smallest absolute Gasteiger partial charge is 0.242 e. The van der Waals surface area contributed by atoms with Crippen LogP contribution in [-0.4, -0.2) is 24.9 Å².